The number of fused-ring (bicyclic) bond motifs is 3. The first-order valence-electron chi connectivity index (χ1n) is 11.5. The minimum atomic E-state index is -0.430. The second kappa shape index (κ2) is 8.35. The first-order valence-corrected chi connectivity index (χ1v) is 12.4. The molecule has 180 valence electrons. The topological polar surface area (TPSA) is 94.5 Å². The van der Waals surface area contributed by atoms with Crippen LogP contribution in [-0.2, 0) is 4.79 Å². The normalized spacial score (nSPS) is 14.2. The summed E-state index contributed by atoms with van der Waals surface area (Å²) in [4.78, 5) is 33.4. The molecule has 2 N–H and O–H groups in total. The third-order valence-electron chi connectivity index (χ3n) is 6.29. The molecule has 0 saturated carbocycles. The van der Waals surface area contributed by atoms with Crippen molar-refractivity contribution >= 4 is 51.0 Å². The van der Waals surface area contributed by atoms with Crippen LogP contribution in [0, 0.1) is 0 Å². The molecule has 0 saturated heterocycles. The highest BCUT2D eigenvalue weighted by Crippen LogP contribution is 2.39. The van der Waals surface area contributed by atoms with Gasteiger partial charge in [0.2, 0.25) is 6.79 Å². The molecule has 5 aromatic rings. The number of nitrogens with zero attached hydrogens (tertiary/aromatic N) is 2. The maximum Gasteiger partial charge on any atom is 0.283 e. The molecule has 0 atom stereocenters. The average Bonchev–Trinajstić information content (AvgIpc) is 3.59. The highest BCUT2D eigenvalue weighted by atomic mass is 32.1. The lowest BCUT2D eigenvalue weighted by atomic mass is 10.1. The van der Waals surface area contributed by atoms with Gasteiger partial charge in [0.25, 0.3) is 11.5 Å². The van der Waals surface area contributed by atoms with E-state index in [1.807, 2.05) is 66.0 Å². The Balaban J connectivity index is 1.58. The van der Waals surface area contributed by atoms with Crippen molar-refractivity contribution in [3.05, 3.63) is 100 Å². The molecule has 0 spiro atoms. The molecular formula is C28H18N4O4S. The van der Waals surface area contributed by atoms with Crippen molar-refractivity contribution in [2.45, 2.75) is 0 Å². The number of carbonyl (C=O) groups excluding carboxylic acids is 1. The lowest BCUT2D eigenvalue weighted by molar-refractivity contribution is -0.111. The van der Waals surface area contributed by atoms with Crippen LogP contribution in [0.2, 0.25) is 0 Å². The van der Waals surface area contributed by atoms with Crippen LogP contribution in [0.3, 0.4) is 0 Å². The first kappa shape index (κ1) is 21.4. The van der Waals surface area contributed by atoms with Gasteiger partial charge >= 0.3 is 0 Å². The van der Waals surface area contributed by atoms with Gasteiger partial charge in [-0.25, -0.2) is 4.98 Å². The number of para-hydroxylation sites is 4. The number of thiophene rings is 1. The van der Waals surface area contributed by atoms with E-state index in [1.54, 1.807) is 18.2 Å². The fourth-order valence-corrected chi connectivity index (χ4v) is 5.30. The number of aromatic nitrogens is 2. The zero-order valence-corrected chi connectivity index (χ0v) is 20.0. The molecule has 0 bridgehead atoms. The summed E-state index contributed by atoms with van der Waals surface area (Å²) in [6.07, 6.45) is 0. The molecule has 0 unspecified atom stereocenters. The lowest BCUT2D eigenvalue weighted by Crippen LogP contribution is -2.29. The van der Waals surface area contributed by atoms with Gasteiger partial charge < -0.3 is 20.1 Å². The molecule has 0 fully saturated rings. The molecule has 4 heterocycles. The van der Waals surface area contributed by atoms with E-state index in [0.717, 1.165) is 4.88 Å². The Hall–Kier alpha value is -4.89. The summed E-state index contributed by atoms with van der Waals surface area (Å²) in [7, 11) is 0. The van der Waals surface area contributed by atoms with Crippen molar-refractivity contribution in [1.29, 1.82) is 0 Å². The molecular weight excluding hydrogens is 488 g/mol. The number of hydrogen-bond acceptors (Lipinski definition) is 7. The van der Waals surface area contributed by atoms with E-state index in [9.17, 15) is 9.59 Å². The Bertz CT molecular complexity index is 1810. The molecule has 9 heteroatoms. The number of anilines is 2. The Kier molecular flexibility index (Phi) is 4.83. The van der Waals surface area contributed by atoms with Crippen LogP contribution in [0.1, 0.15) is 5.56 Å². The van der Waals surface area contributed by atoms with E-state index in [1.165, 1.54) is 15.9 Å². The maximum absolute atomic E-state index is 14.1. The van der Waals surface area contributed by atoms with Crippen LogP contribution in [-0.4, -0.2) is 22.3 Å². The lowest BCUT2D eigenvalue weighted by Gasteiger charge is -2.18. The molecule has 3 aromatic carbocycles. The number of amides is 1. The van der Waals surface area contributed by atoms with Crippen LogP contribution < -0.4 is 25.7 Å². The quantitative estimate of drug-likeness (QED) is 0.347. The van der Waals surface area contributed by atoms with Crippen LogP contribution >= 0.6 is 11.3 Å². The number of nitrogens with one attached hydrogen (secondary N) is 2. The Morgan fingerprint density at radius 1 is 0.838 bits per heavy atom. The molecule has 7 rings (SSSR count). The number of carbonyl (C=O) groups is 1. The fourth-order valence-electron chi connectivity index (χ4n) is 4.59. The van der Waals surface area contributed by atoms with Crippen molar-refractivity contribution < 1.29 is 14.3 Å². The average molecular weight is 507 g/mol. The molecule has 8 nitrogen and oxygen atoms in total. The van der Waals surface area contributed by atoms with Gasteiger partial charge in [0.1, 0.15) is 11.4 Å². The van der Waals surface area contributed by atoms with Gasteiger partial charge in [-0.1, -0.05) is 30.3 Å². The summed E-state index contributed by atoms with van der Waals surface area (Å²) in [5, 5.41) is 8.28. The van der Waals surface area contributed by atoms with Gasteiger partial charge in [-0.15, -0.1) is 11.3 Å². The zero-order chi connectivity index (χ0) is 24.9. The molecule has 1 amide bonds. The minimum absolute atomic E-state index is 0.125. The summed E-state index contributed by atoms with van der Waals surface area (Å²) >= 11 is 1.42. The maximum atomic E-state index is 14.1. The second-order valence-corrected chi connectivity index (χ2v) is 9.43. The van der Waals surface area contributed by atoms with Gasteiger partial charge in [0.05, 0.1) is 33.0 Å². The van der Waals surface area contributed by atoms with Gasteiger partial charge in [-0.3, -0.25) is 14.2 Å². The van der Waals surface area contributed by atoms with Crippen LogP contribution in [0.4, 0.5) is 11.4 Å². The monoisotopic (exact) mass is 506 g/mol. The first-order chi connectivity index (χ1) is 18.2. The summed E-state index contributed by atoms with van der Waals surface area (Å²) in [5.74, 6) is 0.756. The standard InChI is InChI=1S/C28H18N4O4S/c33-27-26(32-20-9-4-3-8-19(20)30-25(28(32)34)23-10-5-13-37-23)24(29-17-6-1-2-7-18(17)31-27)16-11-12-21-22(14-16)36-15-35-21/h1-14,29H,15H2,(H,31,33). The van der Waals surface area contributed by atoms with E-state index in [2.05, 4.69) is 15.6 Å². The predicted octanol–water partition coefficient (Wildman–Crippen LogP) is 5.24. The molecule has 2 aromatic heterocycles. The SMILES string of the molecule is O=C1Nc2ccccc2NC(c2ccc3c(c2)OCO3)=C1n1c(=O)c(-c2cccs2)nc2ccccc21. The largest absolute Gasteiger partial charge is 0.454 e. The number of ether oxygens (including phenoxy) is 2. The Morgan fingerprint density at radius 2 is 1.62 bits per heavy atom. The van der Waals surface area contributed by atoms with Crippen LogP contribution in [0.25, 0.3) is 33.0 Å². The van der Waals surface area contributed by atoms with Gasteiger partial charge in [0.15, 0.2) is 11.5 Å². The third kappa shape index (κ3) is 3.47. The van der Waals surface area contributed by atoms with Gasteiger partial charge in [0, 0.05) is 5.56 Å². The molecule has 0 aliphatic carbocycles. The van der Waals surface area contributed by atoms with Gasteiger partial charge in [-0.2, -0.15) is 0 Å². The highest BCUT2D eigenvalue weighted by molar-refractivity contribution is 7.13. The van der Waals surface area contributed by atoms with Gasteiger partial charge in [-0.05, 0) is 53.9 Å². The van der Waals surface area contributed by atoms with Crippen molar-refractivity contribution in [3.63, 3.8) is 0 Å². The second-order valence-electron chi connectivity index (χ2n) is 8.48. The van der Waals surface area contributed by atoms with Crippen LogP contribution in [0.5, 0.6) is 11.5 Å². The minimum Gasteiger partial charge on any atom is -0.454 e. The molecule has 2 aliphatic rings. The summed E-state index contributed by atoms with van der Waals surface area (Å²) in [5.41, 5.74) is 3.57. The third-order valence-corrected chi connectivity index (χ3v) is 7.16. The summed E-state index contributed by atoms with van der Waals surface area (Å²) < 4.78 is 12.5. The van der Waals surface area contributed by atoms with E-state index in [4.69, 9.17) is 9.47 Å². The van der Waals surface area contributed by atoms with E-state index in [-0.39, 0.29) is 18.2 Å². The molecule has 0 radical (unpaired) electrons. The summed E-state index contributed by atoms with van der Waals surface area (Å²) in [6, 6.07) is 23.9. The Morgan fingerprint density at radius 3 is 2.46 bits per heavy atom. The molecule has 37 heavy (non-hydrogen) atoms. The highest BCUT2D eigenvalue weighted by Gasteiger charge is 2.29. The number of benzene rings is 3. The van der Waals surface area contributed by atoms with Crippen molar-refractivity contribution in [2.24, 2.45) is 0 Å². The van der Waals surface area contributed by atoms with E-state index < -0.39 is 11.5 Å². The molecule has 2 aliphatic heterocycles. The number of rotatable bonds is 3. The predicted molar refractivity (Wildman–Crippen MR) is 144 cm³/mol. The van der Waals surface area contributed by atoms with E-state index in [0.29, 0.717) is 45.2 Å². The smallest absolute Gasteiger partial charge is 0.283 e. The van der Waals surface area contributed by atoms with Crippen molar-refractivity contribution in [2.75, 3.05) is 17.4 Å². The Labute approximate surface area is 214 Å². The van der Waals surface area contributed by atoms with Crippen molar-refractivity contribution in [3.8, 4) is 22.1 Å². The van der Waals surface area contributed by atoms with Crippen LogP contribution in [0.15, 0.2) is 89.0 Å². The number of hydrogen-bond donors (Lipinski definition) is 2. The van der Waals surface area contributed by atoms with E-state index >= 15 is 0 Å². The fraction of sp³-hybridized carbons (Fsp3) is 0.0357. The zero-order valence-electron chi connectivity index (χ0n) is 19.2. The summed E-state index contributed by atoms with van der Waals surface area (Å²) in [6.45, 7) is 0.125. The van der Waals surface area contributed by atoms with Crippen molar-refractivity contribution in [1.82, 2.24) is 9.55 Å².